The van der Waals surface area contributed by atoms with Crippen LogP contribution in [0.4, 0.5) is 16.6 Å². The molecule has 0 radical (unpaired) electrons. The number of nitrogens with two attached hydrogens (primary N) is 1. The Hall–Kier alpha value is -2.37. The number of thiazole rings is 1. The zero-order valence-electron chi connectivity index (χ0n) is 14.2. The van der Waals surface area contributed by atoms with E-state index in [1.807, 2.05) is 57.2 Å². The van der Waals surface area contributed by atoms with E-state index in [1.54, 1.807) is 0 Å². The summed E-state index contributed by atoms with van der Waals surface area (Å²) >= 11 is 7.29. The quantitative estimate of drug-likeness (QED) is 0.612. The summed E-state index contributed by atoms with van der Waals surface area (Å²) in [7, 11) is 0. The van der Waals surface area contributed by atoms with Gasteiger partial charge in [0.1, 0.15) is 10.7 Å². The number of hydrogen-bond acceptors (Lipinski definition) is 5. The van der Waals surface area contributed by atoms with Gasteiger partial charge in [-0.3, -0.25) is 4.79 Å². The van der Waals surface area contributed by atoms with Gasteiger partial charge in [-0.05, 0) is 50.1 Å². The molecule has 0 saturated carbocycles. The van der Waals surface area contributed by atoms with Crippen LogP contribution >= 0.6 is 22.9 Å². The first kappa shape index (κ1) is 17.5. The average molecular weight is 372 g/mol. The molecule has 6 heteroatoms. The normalized spacial score (nSPS) is 10.7. The van der Waals surface area contributed by atoms with Crippen LogP contribution < -0.4 is 11.1 Å². The number of halogens is 1. The number of carbonyl (C=O) groups is 1. The van der Waals surface area contributed by atoms with Crippen LogP contribution in [0.3, 0.4) is 0 Å². The van der Waals surface area contributed by atoms with Crippen LogP contribution in [0.5, 0.6) is 0 Å². The molecule has 25 heavy (non-hydrogen) atoms. The Morgan fingerprint density at radius 2 is 1.84 bits per heavy atom. The number of hydrogen-bond donors (Lipinski definition) is 2. The molecule has 0 aliphatic carbocycles. The van der Waals surface area contributed by atoms with Crippen LogP contribution in [0.2, 0.25) is 5.02 Å². The van der Waals surface area contributed by atoms with Gasteiger partial charge < -0.3 is 11.1 Å². The van der Waals surface area contributed by atoms with Gasteiger partial charge in [0.05, 0.1) is 0 Å². The van der Waals surface area contributed by atoms with E-state index in [0.717, 1.165) is 22.4 Å². The molecule has 3 N–H and O–H groups in total. The highest BCUT2D eigenvalue weighted by molar-refractivity contribution is 7.18. The number of aromatic nitrogens is 1. The van der Waals surface area contributed by atoms with Gasteiger partial charge in [-0.1, -0.05) is 46.7 Å². The lowest BCUT2D eigenvalue weighted by Crippen LogP contribution is -2.05. The third kappa shape index (κ3) is 3.67. The average Bonchev–Trinajstić information content (AvgIpc) is 2.93. The van der Waals surface area contributed by atoms with Crippen molar-refractivity contribution in [2.75, 3.05) is 11.1 Å². The van der Waals surface area contributed by atoms with Gasteiger partial charge in [0.2, 0.25) is 5.78 Å². The summed E-state index contributed by atoms with van der Waals surface area (Å²) in [6, 6.07) is 11.4. The maximum atomic E-state index is 12.9. The minimum absolute atomic E-state index is 0.105. The smallest absolute Gasteiger partial charge is 0.207 e. The van der Waals surface area contributed by atoms with Crippen molar-refractivity contribution in [2.24, 2.45) is 0 Å². The summed E-state index contributed by atoms with van der Waals surface area (Å²) in [6.07, 6.45) is 0. The zero-order valence-corrected chi connectivity index (χ0v) is 15.8. The molecule has 0 unspecified atom stereocenters. The molecule has 2 aromatic carbocycles. The van der Waals surface area contributed by atoms with E-state index in [-0.39, 0.29) is 11.6 Å². The molecule has 0 amide bonds. The molecule has 128 valence electrons. The Bertz CT molecular complexity index is 965. The first-order valence-electron chi connectivity index (χ1n) is 7.76. The maximum absolute atomic E-state index is 12.9. The number of nitrogens with one attached hydrogen (secondary N) is 1. The number of nitrogen functional groups attached to an aromatic ring is 1. The lowest BCUT2D eigenvalue weighted by atomic mass is 10.0. The van der Waals surface area contributed by atoms with Gasteiger partial charge in [-0.15, -0.1) is 0 Å². The van der Waals surface area contributed by atoms with Crippen molar-refractivity contribution in [2.45, 2.75) is 20.8 Å². The Balaban J connectivity index is 1.93. The van der Waals surface area contributed by atoms with Crippen LogP contribution in [0, 0.1) is 20.8 Å². The lowest BCUT2D eigenvalue weighted by Gasteiger charge is -2.06. The van der Waals surface area contributed by atoms with E-state index in [9.17, 15) is 4.79 Å². The maximum Gasteiger partial charge on any atom is 0.207 e. The van der Waals surface area contributed by atoms with Crippen LogP contribution in [-0.2, 0) is 0 Å². The van der Waals surface area contributed by atoms with Crippen LogP contribution in [0.15, 0.2) is 36.4 Å². The Labute approximate surface area is 155 Å². The Morgan fingerprint density at radius 1 is 1.12 bits per heavy atom. The SMILES string of the molecule is Cc1ccc(C)c(C(=O)c2sc(Nc3cc(Cl)ccc3C)nc2N)c1. The topological polar surface area (TPSA) is 68.0 Å². The van der Waals surface area contributed by atoms with Crippen molar-refractivity contribution in [1.29, 1.82) is 0 Å². The number of ketones is 1. The van der Waals surface area contributed by atoms with Crippen LogP contribution in [0.25, 0.3) is 0 Å². The standard InChI is InChI=1S/C19H18ClN3OS/c1-10-4-5-11(2)14(8-10)16(24)17-18(21)23-19(25-17)22-15-9-13(20)7-6-12(15)3/h4-9H,21H2,1-3H3,(H,22,23). The second-order valence-corrected chi connectivity index (χ2v) is 7.40. The summed E-state index contributed by atoms with van der Waals surface area (Å²) < 4.78 is 0. The molecule has 0 saturated heterocycles. The molecular formula is C19H18ClN3OS. The van der Waals surface area contributed by atoms with Crippen molar-refractivity contribution in [1.82, 2.24) is 4.98 Å². The lowest BCUT2D eigenvalue weighted by molar-refractivity contribution is 0.104. The first-order chi connectivity index (χ1) is 11.8. The van der Waals surface area contributed by atoms with Crippen LogP contribution in [0.1, 0.15) is 31.9 Å². The van der Waals surface area contributed by atoms with Gasteiger partial charge in [-0.25, -0.2) is 4.98 Å². The third-order valence-corrected chi connectivity index (χ3v) is 5.16. The van der Waals surface area contributed by atoms with Crippen molar-refractivity contribution >= 4 is 45.4 Å². The fourth-order valence-electron chi connectivity index (χ4n) is 2.49. The summed E-state index contributed by atoms with van der Waals surface area (Å²) in [4.78, 5) is 17.6. The molecule has 0 spiro atoms. The minimum atomic E-state index is -0.105. The number of carbonyl (C=O) groups excluding carboxylic acids is 1. The van der Waals surface area contributed by atoms with Crippen molar-refractivity contribution in [3.05, 3.63) is 68.6 Å². The number of aryl methyl sites for hydroxylation is 3. The molecule has 3 rings (SSSR count). The number of rotatable bonds is 4. The van der Waals surface area contributed by atoms with Crippen molar-refractivity contribution < 1.29 is 4.79 Å². The number of benzene rings is 2. The molecule has 1 aromatic heterocycles. The monoisotopic (exact) mass is 371 g/mol. The highest BCUT2D eigenvalue weighted by Crippen LogP contribution is 2.32. The summed E-state index contributed by atoms with van der Waals surface area (Å²) in [5.74, 6) is 0.130. The largest absolute Gasteiger partial charge is 0.382 e. The Morgan fingerprint density at radius 3 is 2.60 bits per heavy atom. The molecule has 3 aromatic rings. The van der Waals surface area contributed by atoms with Gasteiger partial charge in [0.25, 0.3) is 0 Å². The predicted molar refractivity (Wildman–Crippen MR) is 105 cm³/mol. The summed E-state index contributed by atoms with van der Waals surface area (Å²) in [5.41, 5.74) is 10.5. The zero-order chi connectivity index (χ0) is 18.1. The van der Waals surface area contributed by atoms with Gasteiger partial charge in [0, 0.05) is 16.3 Å². The fourth-order valence-corrected chi connectivity index (χ4v) is 3.52. The summed E-state index contributed by atoms with van der Waals surface area (Å²) in [5, 5.41) is 4.39. The molecule has 0 bridgehead atoms. The van der Waals surface area contributed by atoms with E-state index >= 15 is 0 Å². The molecule has 0 aliphatic heterocycles. The molecule has 4 nitrogen and oxygen atoms in total. The molecule has 0 fully saturated rings. The summed E-state index contributed by atoms with van der Waals surface area (Å²) in [6.45, 7) is 5.84. The van der Waals surface area contributed by atoms with E-state index in [1.165, 1.54) is 11.3 Å². The second kappa shape index (κ2) is 6.86. The first-order valence-corrected chi connectivity index (χ1v) is 8.96. The van der Waals surface area contributed by atoms with E-state index in [0.29, 0.717) is 20.6 Å². The molecule has 1 heterocycles. The molecule has 0 aliphatic rings. The minimum Gasteiger partial charge on any atom is -0.382 e. The van der Waals surface area contributed by atoms with E-state index in [2.05, 4.69) is 10.3 Å². The fraction of sp³-hybridized carbons (Fsp3) is 0.158. The predicted octanol–water partition coefficient (Wildman–Crippen LogP) is 5.28. The van der Waals surface area contributed by atoms with E-state index < -0.39 is 0 Å². The van der Waals surface area contributed by atoms with Gasteiger partial charge in [-0.2, -0.15) is 0 Å². The van der Waals surface area contributed by atoms with Crippen molar-refractivity contribution in [3.8, 4) is 0 Å². The Kier molecular flexibility index (Phi) is 4.79. The number of anilines is 3. The second-order valence-electron chi connectivity index (χ2n) is 5.97. The third-order valence-electron chi connectivity index (χ3n) is 3.94. The van der Waals surface area contributed by atoms with Crippen LogP contribution in [-0.4, -0.2) is 10.8 Å². The van der Waals surface area contributed by atoms with E-state index in [4.69, 9.17) is 17.3 Å². The van der Waals surface area contributed by atoms with Crippen molar-refractivity contribution in [3.63, 3.8) is 0 Å². The van der Waals surface area contributed by atoms with Gasteiger partial charge >= 0.3 is 0 Å². The molecular weight excluding hydrogens is 354 g/mol. The molecule has 0 atom stereocenters. The highest BCUT2D eigenvalue weighted by Gasteiger charge is 2.20. The highest BCUT2D eigenvalue weighted by atomic mass is 35.5. The van der Waals surface area contributed by atoms with Gasteiger partial charge in [0.15, 0.2) is 5.13 Å². The number of nitrogens with zero attached hydrogens (tertiary/aromatic N) is 1.